The first-order valence-electron chi connectivity index (χ1n) is 5.39. The Morgan fingerprint density at radius 2 is 2.17 bits per heavy atom. The van der Waals surface area contributed by atoms with Gasteiger partial charge in [-0.05, 0) is 24.3 Å². The summed E-state index contributed by atoms with van der Waals surface area (Å²) < 4.78 is 15.1. The van der Waals surface area contributed by atoms with Gasteiger partial charge in [-0.25, -0.2) is 4.79 Å². The van der Waals surface area contributed by atoms with Crippen LogP contribution in [0.15, 0.2) is 36.9 Å². The molecule has 0 aliphatic heterocycles. The monoisotopic (exact) mass is 248 g/mol. The highest BCUT2D eigenvalue weighted by molar-refractivity contribution is 5.87. The van der Waals surface area contributed by atoms with Gasteiger partial charge in [0.05, 0.1) is 14.2 Å². The SMILES string of the molecule is C=CCOc1ccc(OC)cc1/C=C/C(=O)OC. The van der Waals surface area contributed by atoms with Crippen molar-refractivity contribution in [1.29, 1.82) is 0 Å². The van der Waals surface area contributed by atoms with E-state index >= 15 is 0 Å². The minimum atomic E-state index is -0.424. The highest BCUT2D eigenvalue weighted by atomic mass is 16.5. The molecule has 1 rings (SSSR count). The Balaban J connectivity index is 2.99. The van der Waals surface area contributed by atoms with Gasteiger partial charge in [0.1, 0.15) is 18.1 Å². The number of carbonyl (C=O) groups is 1. The van der Waals surface area contributed by atoms with Crippen LogP contribution in [0.2, 0.25) is 0 Å². The van der Waals surface area contributed by atoms with E-state index in [1.807, 2.05) is 0 Å². The summed E-state index contributed by atoms with van der Waals surface area (Å²) in [7, 11) is 2.90. The quantitative estimate of drug-likeness (QED) is 0.440. The van der Waals surface area contributed by atoms with Crippen LogP contribution in [-0.2, 0) is 9.53 Å². The molecule has 0 aromatic heterocycles. The average molecular weight is 248 g/mol. The highest BCUT2D eigenvalue weighted by Gasteiger charge is 2.03. The summed E-state index contributed by atoms with van der Waals surface area (Å²) in [5.41, 5.74) is 0.738. The Hall–Kier alpha value is -2.23. The summed E-state index contributed by atoms with van der Waals surface area (Å²) in [5, 5.41) is 0. The van der Waals surface area contributed by atoms with Crippen molar-refractivity contribution in [3.63, 3.8) is 0 Å². The smallest absolute Gasteiger partial charge is 0.330 e. The molecular weight excluding hydrogens is 232 g/mol. The van der Waals surface area contributed by atoms with E-state index in [4.69, 9.17) is 9.47 Å². The largest absolute Gasteiger partial charge is 0.497 e. The topological polar surface area (TPSA) is 44.8 Å². The van der Waals surface area contributed by atoms with Crippen molar-refractivity contribution in [3.8, 4) is 11.5 Å². The van der Waals surface area contributed by atoms with Crippen LogP contribution in [0.25, 0.3) is 6.08 Å². The maximum absolute atomic E-state index is 11.1. The van der Waals surface area contributed by atoms with Gasteiger partial charge in [-0.1, -0.05) is 12.7 Å². The normalized spacial score (nSPS) is 10.1. The lowest BCUT2D eigenvalue weighted by Gasteiger charge is -2.09. The molecule has 0 saturated carbocycles. The van der Waals surface area contributed by atoms with E-state index < -0.39 is 5.97 Å². The van der Waals surface area contributed by atoms with Gasteiger partial charge in [0.15, 0.2) is 0 Å². The van der Waals surface area contributed by atoms with Crippen molar-refractivity contribution < 1.29 is 19.0 Å². The second kappa shape index (κ2) is 7.17. The van der Waals surface area contributed by atoms with Gasteiger partial charge in [0, 0.05) is 11.6 Å². The van der Waals surface area contributed by atoms with Crippen LogP contribution in [0.5, 0.6) is 11.5 Å². The minimum absolute atomic E-state index is 0.394. The first kappa shape index (κ1) is 13.8. The van der Waals surface area contributed by atoms with Crippen molar-refractivity contribution in [1.82, 2.24) is 0 Å². The number of methoxy groups -OCH3 is 2. The maximum atomic E-state index is 11.1. The molecule has 0 bridgehead atoms. The Labute approximate surface area is 106 Å². The van der Waals surface area contributed by atoms with Crippen LogP contribution < -0.4 is 9.47 Å². The number of hydrogen-bond acceptors (Lipinski definition) is 4. The molecule has 18 heavy (non-hydrogen) atoms. The predicted molar refractivity (Wildman–Crippen MR) is 69.7 cm³/mol. The zero-order chi connectivity index (χ0) is 13.4. The first-order chi connectivity index (χ1) is 8.71. The third-order valence-electron chi connectivity index (χ3n) is 2.17. The van der Waals surface area contributed by atoms with Crippen molar-refractivity contribution >= 4 is 12.0 Å². The fourth-order valence-electron chi connectivity index (χ4n) is 1.29. The first-order valence-corrected chi connectivity index (χ1v) is 5.39. The van der Waals surface area contributed by atoms with Crippen molar-refractivity contribution in [2.24, 2.45) is 0 Å². The van der Waals surface area contributed by atoms with E-state index in [9.17, 15) is 4.79 Å². The summed E-state index contributed by atoms with van der Waals surface area (Å²) in [6.07, 6.45) is 4.60. The van der Waals surface area contributed by atoms with Crippen LogP contribution in [0.4, 0.5) is 0 Å². The number of ether oxygens (including phenoxy) is 3. The molecule has 0 atom stereocenters. The van der Waals surface area contributed by atoms with E-state index in [0.717, 1.165) is 5.56 Å². The van der Waals surface area contributed by atoms with Gasteiger partial charge in [-0.2, -0.15) is 0 Å². The number of esters is 1. The molecule has 0 fully saturated rings. The molecule has 1 aromatic carbocycles. The Bertz CT molecular complexity index is 449. The van der Waals surface area contributed by atoms with Gasteiger partial charge in [-0.15, -0.1) is 0 Å². The molecule has 0 radical (unpaired) electrons. The summed E-state index contributed by atoms with van der Waals surface area (Å²) in [6.45, 7) is 3.98. The van der Waals surface area contributed by atoms with Crippen LogP contribution in [0.3, 0.4) is 0 Å². The molecule has 0 amide bonds. The molecule has 0 heterocycles. The van der Waals surface area contributed by atoms with Crippen molar-refractivity contribution in [2.75, 3.05) is 20.8 Å². The van der Waals surface area contributed by atoms with Crippen LogP contribution in [0, 0.1) is 0 Å². The van der Waals surface area contributed by atoms with Crippen molar-refractivity contribution in [3.05, 3.63) is 42.5 Å². The van der Waals surface area contributed by atoms with Crippen LogP contribution in [0.1, 0.15) is 5.56 Å². The Morgan fingerprint density at radius 1 is 1.39 bits per heavy atom. The summed E-state index contributed by atoms with van der Waals surface area (Å²) >= 11 is 0. The van der Waals surface area contributed by atoms with E-state index in [0.29, 0.717) is 18.1 Å². The molecule has 0 unspecified atom stereocenters. The molecule has 0 saturated heterocycles. The molecule has 0 N–H and O–H groups in total. The van der Waals surface area contributed by atoms with E-state index in [-0.39, 0.29) is 0 Å². The molecule has 0 aliphatic carbocycles. The van der Waals surface area contributed by atoms with Gasteiger partial charge >= 0.3 is 5.97 Å². The lowest BCUT2D eigenvalue weighted by atomic mass is 10.1. The van der Waals surface area contributed by atoms with Gasteiger partial charge in [0.25, 0.3) is 0 Å². The Morgan fingerprint density at radius 3 is 2.78 bits per heavy atom. The number of benzene rings is 1. The Kier molecular flexibility index (Phi) is 5.51. The van der Waals surface area contributed by atoms with Crippen LogP contribution in [-0.4, -0.2) is 26.8 Å². The van der Waals surface area contributed by atoms with Gasteiger partial charge in [0.2, 0.25) is 0 Å². The number of hydrogen-bond donors (Lipinski definition) is 0. The molecule has 4 nitrogen and oxygen atoms in total. The highest BCUT2D eigenvalue weighted by Crippen LogP contribution is 2.25. The maximum Gasteiger partial charge on any atom is 0.330 e. The predicted octanol–water partition coefficient (Wildman–Crippen LogP) is 2.45. The van der Waals surface area contributed by atoms with E-state index in [1.54, 1.807) is 37.5 Å². The number of carbonyl (C=O) groups excluding carboxylic acids is 1. The lowest BCUT2D eigenvalue weighted by Crippen LogP contribution is -1.97. The molecule has 1 aromatic rings. The molecule has 0 spiro atoms. The molecule has 4 heteroatoms. The summed E-state index contributed by atoms with van der Waals surface area (Å²) in [5.74, 6) is 0.911. The fraction of sp³-hybridized carbons (Fsp3) is 0.214. The summed E-state index contributed by atoms with van der Waals surface area (Å²) in [4.78, 5) is 11.1. The lowest BCUT2D eigenvalue weighted by molar-refractivity contribution is -0.134. The van der Waals surface area contributed by atoms with E-state index in [2.05, 4.69) is 11.3 Å². The zero-order valence-corrected chi connectivity index (χ0v) is 10.5. The second-order valence-electron chi connectivity index (χ2n) is 3.36. The standard InChI is InChI=1S/C14H16O4/c1-4-9-18-13-7-6-12(16-2)10-11(13)5-8-14(15)17-3/h4-8,10H,1,9H2,2-3H3/b8-5+. The molecular formula is C14H16O4. The second-order valence-corrected chi connectivity index (χ2v) is 3.36. The fourth-order valence-corrected chi connectivity index (χ4v) is 1.29. The average Bonchev–Trinajstić information content (AvgIpc) is 2.42. The van der Waals surface area contributed by atoms with Gasteiger partial charge in [-0.3, -0.25) is 0 Å². The minimum Gasteiger partial charge on any atom is -0.497 e. The molecule has 96 valence electrons. The van der Waals surface area contributed by atoms with Gasteiger partial charge < -0.3 is 14.2 Å². The third-order valence-corrected chi connectivity index (χ3v) is 2.17. The van der Waals surface area contributed by atoms with Crippen molar-refractivity contribution in [2.45, 2.75) is 0 Å². The van der Waals surface area contributed by atoms with Crippen LogP contribution >= 0.6 is 0 Å². The van der Waals surface area contributed by atoms with E-state index in [1.165, 1.54) is 13.2 Å². The summed E-state index contributed by atoms with van der Waals surface area (Å²) in [6, 6.07) is 5.34. The number of rotatable bonds is 6. The third kappa shape index (κ3) is 3.97. The zero-order valence-electron chi connectivity index (χ0n) is 10.5. The molecule has 0 aliphatic rings.